The van der Waals surface area contributed by atoms with E-state index in [1.165, 1.54) is 5.56 Å². The number of benzene rings is 1. The van der Waals surface area contributed by atoms with Crippen LogP contribution in [0.3, 0.4) is 0 Å². The summed E-state index contributed by atoms with van der Waals surface area (Å²) >= 11 is 0. The van der Waals surface area contributed by atoms with Gasteiger partial charge in [0.1, 0.15) is 0 Å². The van der Waals surface area contributed by atoms with Gasteiger partial charge in [-0.15, -0.1) is 0 Å². The van der Waals surface area contributed by atoms with Crippen LogP contribution in [0, 0.1) is 0 Å². The second kappa shape index (κ2) is 5.74. The van der Waals surface area contributed by atoms with Crippen LogP contribution in [0.4, 0.5) is 5.69 Å². The number of pyridine rings is 1. The van der Waals surface area contributed by atoms with Crippen LogP contribution in [0.5, 0.6) is 0 Å². The van der Waals surface area contributed by atoms with Crippen molar-refractivity contribution in [3.05, 3.63) is 59.9 Å². The van der Waals surface area contributed by atoms with Crippen molar-refractivity contribution in [1.29, 1.82) is 0 Å². The molecule has 0 atom stereocenters. The standard InChI is InChI=1S/C16H17N3O/c20-16(19-14-6-7-14)13-8-15(11-17-10-13)18-9-12-4-2-1-3-5-12/h1-5,8,10-11,14,18H,6-7,9H2,(H,19,20). The number of hydrogen-bond acceptors (Lipinski definition) is 3. The lowest BCUT2D eigenvalue weighted by atomic mass is 10.2. The predicted octanol–water partition coefficient (Wildman–Crippen LogP) is 2.59. The van der Waals surface area contributed by atoms with Crippen LogP contribution < -0.4 is 10.6 Å². The van der Waals surface area contributed by atoms with Gasteiger partial charge in [-0.2, -0.15) is 0 Å². The SMILES string of the molecule is O=C(NC1CC1)c1cncc(NCc2ccccc2)c1. The monoisotopic (exact) mass is 267 g/mol. The summed E-state index contributed by atoms with van der Waals surface area (Å²) in [6.45, 7) is 0.718. The molecule has 2 N–H and O–H groups in total. The van der Waals surface area contributed by atoms with E-state index in [9.17, 15) is 4.79 Å². The average Bonchev–Trinajstić information content (AvgIpc) is 3.30. The van der Waals surface area contributed by atoms with Crippen molar-refractivity contribution in [2.24, 2.45) is 0 Å². The molecule has 3 rings (SSSR count). The molecule has 4 nitrogen and oxygen atoms in total. The fourth-order valence-electron chi connectivity index (χ4n) is 1.96. The Morgan fingerprint density at radius 3 is 2.75 bits per heavy atom. The Hall–Kier alpha value is -2.36. The highest BCUT2D eigenvalue weighted by Gasteiger charge is 2.23. The zero-order valence-electron chi connectivity index (χ0n) is 11.2. The molecule has 0 aliphatic heterocycles. The zero-order chi connectivity index (χ0) is 13.8. The van der Waals surface area contributed by atoms with Crippen molar-refractivity contribution >= 4 is 11.6 Å². The number of amides is 1. The molecule has 0 bridgehead atoms. The maximum absolute atomic E-state index is 11.9. The molecule has 2 aromatic rings. The lowest BCUT2D eigenvalue weighted by molar-refractivity contribution is 0.0951. The third-order valence-electron chi connectivity index (χ3n) is 3.25. The average molecular weight is 267 g/mol. The van der Waals surface area contributed by atoms with Gasteiger partial charge >= 0.3 is 0 Å². The maximum atomic E-state index is 11.9. The largest absolute Gasteiger partial charge is 0.380 e. The molecular formula is C16H17N3O. The molecule has 0 spiro atoms. The highest BCUT2D eigenvalue weighted by molar-refractivity contribution is 5.95. The predicted molar refractivity (Wildman–Crippen MR) is 78.5 cm³/mol. The number of anilines is 1. The number of aromatic nitrogens is 1. The lowest BCUT2D eigenvalue weighted by Gasteiger charge is -2.08. The summed E-state index contributed by atoms with van der Waals surface area (Å²) < 4.78 is 0. The van der Waals surface area contributed by atoms with E-state index >= 15 is 0 Å². The number of carbonyl (C=O) groups is 1. The summed E-state index contributed by atoms with van der Waals surface area (Å²) in [4.78, 5) is 16.1. The van der Waals surface area contributed by atoms with Crippen LogP contribution in [0.2, 0.25) is 0 Å². The van der Waals surface area contributed by atoms with E-state index in [2.05, 4.69) is 27.8 Å². The summed E-state index contributed by atoms with van der Waals surface area (Å²) in [5.74, 6) is -0.0386. The maximum Gasteiger partial charge on any atom is 0.253 e. The van der Waals surface area contributed by atoms with E-state index in [1.807, 2.05) is 24.3 Å². The molecule has 4 heteroatoms. The van der Waals surface area contributed by atoms with Crippen LogP contribution >= 0.6 is 0 Å². The summed E-state index contributed by atoms with van der Waals surface area (Å²) in [7, 11) is 0. The summed E-state index contributed by atoms with van der Waals surface area (Å²) in [5, 5.41) is 6.25. The number of nitrogens with zero attached hydrogens (tertiary/aromatic N) is 1. The Bertz CT molecular complexity index is 594. The van der Waals surface area contributed by atoms with Crippen molar-refractivity contribution in [2.75, 3.05) is 5.32 Å². The number of nitrogens with one attached hydrogen (secondary N) is 2. The molecule has 1 aromatic heterocycles. The first-order chi connectivity index (χ1) is 9.81. The van der Waals surface area contributed by atoms with E-state index in [4.69, 9.17) is 0 Å². The van der Waals surface area contributed by atoms with Gasteiger partial charge < -0.3 is 10.6 Å². The third kappa shape index (κ3) is 3.35. The van der Waals surface area contributed by atoms with Gasteiger partial charge in [-0.1, -0.05) is 30.3 Å². The van der Waals surface area contributed by atoms with Gasteiger partial charge in [-0.3, -0.25) is 9.78 Å². The summed E-state index contributed by atoms with van der Waals surface area (Å²) in [5.41, 5.74) is 2.66. The number of carbonyl (C=O) groups excluding carboxylic acids is 1. The van der Waals surface area contributed by atoms with Crippen molar-refractivity contribution in [3.8, 4) is 0 Å². The van der Waals surface area contributed by atoms with E-state index in [1.54, 1.807) is 12.4 Å². The molecule has 0 unspecified atom stereocenters. The number of hydrogen-bond donors (Lipinski definition) is 2. The van der Waals surface area contributed by atoms with Gasteiger partial charge in [-0.25, -0.2) is 0 Å². The van der Waals surface area contributed by atoms with E-state index in [0.29, 0.717) is 11.6 Å². The Labute approximate surface area is 118 Å². The fourth-order valence-corrected chi connectivity index (χ4v) is 1.96. The molecule has 1 aliphatic rings. The molecule has 1 fully saturated rings. The normalized spacial score (nSPS) is 13.8. The molecule has 1 aromatic carbocycles. The third-order valence-corrected chi connectivity index (χ3v) is 3.25. The van der Waals surface area contributed by atoms with E-state index in [-0.39, 0.29) is 5.91 Å². The Morgan fingerprint density at radius 2 is 2.00 bits per heavy atom. The van der Waals surface area contributed by atoms with Gasteiger partial charge in [0.05, 0.1) is 11.3 Å². The van der Waals surface area contributed by atoms with Gasteiger partial charge in [0.25, 0.3) is 5.91 Å². The topological polar surface area (TPSA) is 54.0 Å². The quantitative estimate of drug-likeness (QED) is 0.875. The molecule has 1 saturated carbocycles. The minimum absolute atomic E-state index is 0.0386. The number of rotatable bonds is 5. The molecule has 1 heterocycles. The fraction of sp³-hybridized carbons (Fsp3) is 0.250. The molecular weight excluding hydrogens is 250 g/mol. The second-order valence-electron chi connectivity index (χ2n) is 5.05. The first kappa shape index (κ1) is 12.7. The Morgan fingerprint density at radius 1 is 1.20 bits per heavy atom. The van der Waals surface area contributed by atoms with Crippen molar-refractivity contribution in [1.82, 2.24) is 10.3 Å². The molecule has 1 aliphatic carbocycles. The van der Waals surface area contributed by atoms with Crippen LogP contribution in [-0.4, -0.2) is 16.9 Å². The van der Waals surface area contributed by atoms with Gasteiger partial charge in [0, 0.05) is 25.0 Å². The van der Waals surface area contributed by atoms with Crippen LogP contribution in [-0.2, 0) is 6.54 Å². The van der Waals surface area contributed by atoms with Gasteiger partial charge in [0.15, 0.2) is 0 Å². The summed E-state index contributed by atoms with van der Waals surface area (Å²) in [6, 6.07) is 12.3. The van der Waals surface area contributed by atoms with Crippen LogP contribution in [0.25, 0.3) is 0 Å². The van der Waals surface area contributed by atoms with E-state index < -0.39 is 0 Å². The highest BCUT2D eigenvalue weighted by atomic mass is 16.1. The van der Waals surface area contributed by atoms with Gasteiger partial charge in [-0.05, 0) is 24.5 Å². The van der Waals surface area contributed by atoms with Crippen molar-refractivity contribution < 1.29 is 4.79 Å². The van der Waals surface area contributed by atoms with Crippen molar-refractivity contribution in [3.63, 3.8) is 0 Å². The van der Waals surface area contributed by atoms with Crippen molar-refractivity contribution in [2.45, 2.75) is 25.4 Å². The first-order valence-corrected chi connectivity index (χ1v) is 6.85. The highest BCUT2D eigenvalue weighted by Crippen LogP contribution is 2.19. The zero-order valence-corrected chi connectivity index (χ0v) is 11.2. The Balaban J connectivity index is 1.63. The lowest BCUT2D eigenvalue weighted by Crippen LogP contribution is -2.25. The Kier molecular flexibility index (Phi) is 3.63. The molecule has 20 heavy (non-hydrogen) atoms. The minimum atomic E-state index is -0.0386. The summed E-state index contributed by atoms with van der Waals surface area (Å²) in [6.07, 6.45) is 5.51. The molecule has 102 valence electrons. The van der Waals surface area contributed by atoms with Crippen LogP contribution in [0.1, 0.15) is 28.8 Å². The van der Waals surface area contributed by atoms with Crippen LogP contribution in [0.15, 0.2) is 48.8 Å². The smallest absolute Gasteiger partial charge is 0.253 e. The molecule has 0 radical (unpaired) electrons. The van der Waals surface area contributed by atoms with Gasteiger partial charge in [0.2, 0.25) is 0 Å². The second-order valence-corrected chi connectivity index (χ2v) is 5.05. The van der Waals surface area contributed by atoms with E-state index in [0.717, 1.165) is 25.1 Å². The minimum Gasteiger partial charge on any atom is -0.380 e. The molecule has 0 saturated heterocycles. The molecule has 1 amide bonds. The first-order valence-electron chi connectivity index (χ1n) is 6.85.